The highest BCUT2D eigenvalue weighted by Gasteiger charge is 2.15. The van der Waals surface area contributed by atoms with Gasteiger partial charge < -0.3 is 19.0 Å². The van der Waals surface area contributed by atoms with E-state index in [4.69, 9.17) is 19.0 Å². The summed E-state index contributed by atoms with van der Waals surface area (Å²) in [6, 6.07) is 5.29. The highest BCUT2D eigenvalue weighted by molar-refractivity contribution is 5.81. The number of aromatic carboxylic acids is 1. The number of nitrogens with zero attached hydrogens (tertiary/aromatic N) is 2. The zero-order chi connectivity index (χ0) is 13.8. The topological polar surface area (TPSA) is 94.7 Å². The second-order valence-corrected chi connectivity index (χ2v) is 3.66. The molecule has 0 aliphatic heterocycles. The van der Waals surface area contributed by atoms with E-state index in [1.807, 2.05) is 0 Å². The highest BCUT2D eigenvalue weighted by Crippen LogP contribution is 2.26. The van der Waals surface area contributed by atoms with Crippen LogP contribution in [0.25, 0.3) is 0 Å². The summed E-state index contributed by atoms with van der Waals surface area (Å²) in [5.74, 6) is -0.199. The minimum absolute atomic E-state index is 0.209. The van der Waals surface area contributed by atoms with E-state index in [1.165, 1.54) is 7.11 Å². The van der Waals surface area contributed by atoms with Gasteiger partial charge in [-0.15, -0.1) is 10.2 Å². The lowest BCUT2D eigenvalue weighted by Gasteiger charge is -2.08. The fourth-order valence-corrected chi connectivity index (χ4v) is 1.57. The molecular formula is C12H12N2O5. The van der Waals surface area contributed by atoms with Gasteiger partial charge in [-0.1, -0.05) is 6.07 Å². The Morgan fingerprint density at radius 2 is 2.11 bits per heavy atom. The van der Waals surface area contributed by atoms with E-state index >= 15 is 0 Å². The third-order valence-corrected chi connectivity index (χ3v) is 2.49. The molecule has 0 amide bonds. The molecule has 7 heteroatoms. The number of carbonyl (C=O) groups is 1. The van der Waals surface area contributed by atoms with Crippen LogP contribution in [-0.2, 0) is 6.42 Å². The summed E-state index contributed by atoms with van der Waals surface area (Å²) >= 11 is 0. The van der Waals surface area contributed by atoms with Gasteiger partial charge in [0.25, 0.3) is 0 Å². The molecule has 0 aliphatic rings. The van der Waals surface area contributed by atoms with Crippen molar-refractivity contribution < 1.29 is 23.8 Å². The van der Waals surface area contributed by atoms with Gasteiger partial charge in [0.15, 0.2) is 0 Å². The lowest BCUT2D eigenvalue weighted by molar-refractivity contribution is 0.0651. The molecule has 2 aromatic rings. The minimum Gasteiger partial charge on any atom is -0.497 e. The van der Waals surface area contributed by atoms with Crippen molar-refractivity contribution in [2.24, 2.45) is 0 Å². The Bertz CT molecular complexity index is 594. The molecule has 1 aromatic carbocycles. The van der Waals surface area contributed by atoms with E-state index in [2.05, 4.69) is 10.2 Å². The lowest BCUT2D eigenvalue weighted by atomic mass is 10.1. The molecule has 0 aliphatic carbocycles. The van der Waals surface area contributed by atoms with E-state index in [9.17, 15) is 4.79 Å². The van der Waals surface area contributed by atoms with Gasteiger partial charge in [-0.05, 0) is 6.07 Å². The van der Waals surface area contributed by atoms with E-state index in [0.29, 0.717) is 11.5 Å². The second kappa shape index (κ2) is 5.38. The van der Waals surface area contributed by atoms with Crippen LogP contribution in [0.15, 0.2) is 22.6 Å². The van der Waals surface area contributed by atoms with Crippen molar-refractivity contribution in [2.45, 2.75) is 6.42 Å². The maximum absolute atomic E-state index is 10.6. The Morgan fingerprint density at radius 3 is 2.68 bits per heavy atom. The Labute approximate surface area is 108 Å². The maximum atomic E-state index is 10.6. The average Bonchev–Trinajstić information content (AvgIpc) is 2.88. The van der Waals surface area contributed by atoms with Crippen molar-refractivity contribution in [1.82, 2.24) is 10.2 Å². The normalized spacial score (nSPS) is 10.2. The summed E-state index contributed by atoms with van der Waals surface area (Å²) < 4.78 is 15.3. The molecule has 2 rings (SSSR count). The van der Waals surface area contributed by atoms with Gasteiger partial charge in [0, 0.05) is 11.6 Å². The van der Waals surface area contributed by atoms with Crippen LogP contribution >= 0.6 is 0 Å². The number of benzene rings is 1. The third-order valence-electron chi connectivity index (χ3n) is 2.49. The first kappa shape index (κ1) is 12.9. The zero-order valence-electron chi connectivity index (χ0n) is 10.4. The second-order valence-electron chi connectivity index (χ2n) is 3.66. The number of carboxylic acid groups (broad SMARTS) is 1. The molecule has 0 saturated heterocycles. The van der Waals surface area contributed by atoms with Crippen molar-refractivity contribution in [3.63, 3.8) is 0 Å². The molecule has 100 valence electrons. The Balaban J connectivity index is 2.24. The number of hydrogen-bond donors (Lipinski definition) is 1. The van der Waals surface area contributed by atoms with Gasteiger partial charge in [0.1, 0.15) is 11.5 Å². The molecule has 19 heavy (non-hydrogen) atoms. The van der Waals surface area contributed by atoms with Gasteiger partial charge in [0.05, 0.1) is 20.6 Å². The van der Waals surface area contributed by atoms with E-state index in [0.717, 1.165) is 5.56 Å². The Kier molecular flexibility index (Phi) is 3.65. The molecule has 0 radical (unpaired) electrons. The molecule has 0 saturated carbocycles. The summed E-state index contributed by atoms with van der Waals surface area (Å²) in [5.41, 5.74) is 0.795. The van der Waals surface area contributed by atoms with Crippen LogP contribution in [0.4, 0.5) is 0 Å². The standard InChI is InChI=1S/C12H12N2O5/c1-17-8-4-3-7(9(6-8)18-2)5-10-13-14-11(19-10)12(15)16/h3-4,6H,5H2,1-2H3,(H,15,16). The maximum Gasteiger partial charge on any atom is 0.393 e. The van der Waals surface area contributed by atoms with E-state index in [-0.39, 0.29) is 12.3 Å². The number of carboxylic acids is 1. The zero-order valence-corrected chi connectivity index (χ0v) is 10.4. The number of methoxy groups -OCH3 is 2. The van der Waals surface area contributed by atoms with Gasteiger partial charge in [0.2, 0.25) is 5.89 Å². The van der Waals surface area contributed by atoms with Gasteiger partial charge in [-0.2, -0.15) is 0 Å². The van der Waals surface area contributed by atoms with Crippen molar-refractivity contribution in [1.29, 1.82) is 0 Å². The molecule has 0 atom stereocenters. The monoisotopic (exact) mass is 264 g/mol. The van der Waals surface area contributed by atoms with Crippen LogP contribution in [0.5, 0.6) is 11.5 Å². The van der Waals surface area contributed by atoms with E-state index in [1.54, 1.807) is 25.3 Å². The van der Waals surface area contributed by atoms with Crippen LogP contribution in [-0.4, -0.2) is 35.5 Å². The van der Waals surface area contributed by atoms with Gasteiger partial charge in [-0.3, -0.25) is 0 Å². The van der Waals surface area contributed by atoms with Crippen LogP contribution in [0.2, 0.25) is 0 Å². The van der Waals surface area contributed by atoms with Crippen molar-refractivity contribution in [3.05, 3.63) is 35.5 Å². The predicted octanol–water partition coefficient (Wildman–Crippen LogP) is 1.38. The lowest BCUT2D eigenvalue weighted by Crippen LogP contribution is -1.95. The van der Waals surface area contributed by atoms with E-state index < -0.39 is 11.9 Å². The van der Waals surface area contributed by atoms with Crippen molar-refractivity contribution >= 4 is 5.97 Å². The van der Waals surface area contributed by atoms with Crippen LogP contribution < -0.4 is 9.47 Å². The number of rotatable bonds is 5. The molecule has 0 fully saturated rings. The first-order chi connectivity index (χ1) is 9.13. The molecular weight excluding hydrogens is 252 g/mol. The minimum atomic E-state index is -1.25. The third kappa shape index (κ3) is 2.82. The average molecular weight is 264 g/mol. The van der Waals surface area contributed by atoms with Gasteiger partial charge in [-0.25, -0.2) is 4.79 Å². The van der Waals surface area contributed by atoms with Crippen molar-refractivity contribution in [3.8, 4) is 11.5 Å². The van der Waals surface area contributed by atoms with Crippen molar-refractivity contribution in [2.75, 3.05) is 14.2 Å². The van der Waals surface area contributed by atoms with Crippen LogP contribution in [0, 0.1) is 0 Å². The summed E-state index contributed by atoms with van der Waals surface area (Å²) in [5, 5.41) is 15.8. The number of hydrogen-bond acceptors (Lipinski definition) is 6. The smallest absolute Gasteiger partial charge is 0.393 e. The summed E-state index contributed by atoms with van der Waals surface area (Å²) in [4.78, 5) is 10.6. The summed E-state index contributed by atoms with van der Waals surface area (Å²) in [6.45, 7) is 0. The van der Waals surface area contributed by atoms with Gasteiger partial charge >= 0.3 is 11.9 Å². The molecule has 1 heterocycles. The first-order valence-electron chi connectivity index (χ1n) is 5.40. The summed E-state index contributed by atoms with van der Waals surface area (Å²) in [7, 11) is 3.10. The molecule has 1 N–H and O–H groups in total. The Morgan fingerprint density at radius 1 is 1.32 bits per heavy atom. The van der Waals surface area contributed by atoms with Crippen LogP contribution in [0.1, 0.15) is 22.1 Å². The predicted molar refractivity (Wildman–Crippen MR) is 63.6 cm³/mol. The Hall–Kier alpha value is -2.57. The molecule has 7 nitrogen and oxygen atoms in total. The van der Waals surface area contributed by atoms with Crippen LogP contribution in [0.3, 0.4) is 0 Å². The SMILES string of the molecule is COc1ccc(Cc2nnc(C(=O)O)o2)c(OC)c1. The largest absolute Gasteiger partial charge is 0.497 e. The number of ether oxygens (including phenoxy) is 2. The molecule has 0 unspecified atom stereocenters. The molecule has 0 bridgehead atoms. The first-order valence-corrected chi connectivity index (χ1v) is 5.40. The fraction of sp³-hybridized carbons (Fsp3) is 0.250. The molecule has 1 aromatic heterocycles. The summed E-state index contributed by atoms with van der Waals surface area (Å²) in [6.07, 6.45) is 0.285. The molecule has 0 spiro atoms. The fourth-order valence-electron chi connectivity index (χ4n) is 1.57. The highest BCUT2D eigenvalue weighted by atomic mass is 16.5. The quantitative estimate of drug-likeness (QED) is 0.871. The number of aromatic nitrogens is 2.